The van der Waals surface area contributed by atoms with Crippen LogP contribution in [0.25, 0.3) is 0 Å². The van der Waals surface area contributed by atoms with Gasteiger partial charge in [-0.3, -0.25) is 4.79 Å². The van der Waals surface area contributed by atoms with Crippen molar-refractivity contribution in [1.82, 2.24) is 4.90 Å². The van der Waals surface area contributed by atoms with Crippen LogP contribution < -0.4 is 0 Å². The third kappa shape index (κ3) is 2.76. The van der Waals surface area contributed by atoms with Gasteiger partial charge in [0, 0.05) is 13.1 Å². The van der Waals surface area contributed by atoms with Gasteiger partial charge in [0.25, 0.3) is 5.91 Å². The lowest BCUT2D eigenvalue weighted by Crippen LogP contribution is -2.33. The molecule has 16 heavy (non-hydrogen) atoms. The zero-order valence-electron chi connectivity index (χ0n) is 8.91. The van der Waals surface area contributed by atoms with E-state index >= 15 is 0 Å². The molecule has 0 spiro atoms. The van der Waals surface area contributed by atoms with Gasteiger partial charge in [-0.25, -0.2) is 8.78 Å². The highest BCUT2D eigenvalue weighted by molar-refractivity contribution is 5.94. The van der Waals surface area contributed by atoms with Gasteiger partial charge >= 0.3 is 0 Å². The SMILES string of the molecule is CCN(CCO)C(=O)c1cc(F)ccc1F. The number of likely N-dealkylation sites (N-methyl/N-ethyl adjacent to an activating group) is 1. The topological polar surface area (TPSA) is 40.5 Å². The number of amides is 1. The molecule has 0 aliphatic heterocycles. The van der Waals surface area contributed by atoms with Crippen LogP contribution >= 0.6 is 0 Å². The van der Waals surface area contributed by atoms with E-state index in [1.807, 2.05) is 0 Å². The van der Waals surface area contributed by atoms with Crippen LogP contribution in [0.3, 0.4) is 0 Å². The van der Waals surface area contributed by atoms with Crippen molar-refractivity contribution in [2.45, 2.75) is 6.92 Å². The van der Waals surface area contributed by atoms with E-state index in [1.54, 1.807) is 6.92 Å². The number of nitrogens with zero attached hydrogens (tertiary/aromatic N) is 1. The second-order valence-corrected chi connectivity index (χ2v) is 3.23. The number of hydrogen-bond donors (Lipinski definition) is 1. The predicted molar refractivity (Wildman–Crippen MR) is 55.0 cm³/mol. The van der Waals surface area contributed by atoms with E-state index < -0.39 is 17.5 Å². The molecule has 5 heteroatoms. The molecule has 0 saturated carbocycles. The van der Waals surface area contributed by atoms with E-state index in [-0.39, 0.29) is 18.7 Å². The molecule has 3 nitrogen and oxygen atoms in total. The Hall–Kier alpha value is -1.49. The minimum absolute atomic E-state index is 0.102. The Morgan fingerprint density at radius 1 is 1.44 bits per heavy atom. The largest absolute Gasteiger partial charge is 0.395 e. The van der Waals surface area contributed by atoms with Crippen LogP contribution in [0.5, 0.6) is 0 Å². The third-order valence-corrected chi connectivity index (χ3v) is 2.20. The summed E-state index contributed by atoms with van der Waals surface area (Å²) in [4.78, 5) is 13.0. The molecule has 1 aromatic carbocycles. The zero-order valence-corrected chi connectivity index (χ0v) is 8.91. The number of carbonyl (C=O) groups is 1. The first-order valence-electron chi connectivity index (χ1n) is 4.95. The van der Waals surface area contributed by atoms with Gasteiger partial charge in [0.1, 0.15) is 11.6 Å². The smallest absolute Gasteiger partial charge is 0.257 e. The molecule has 0 saturated heterocycles. The lowest BCUT2D eigenvalue weighted by atomic mass is 10.2. The third-order valence-electron chi connectivity index (χ3n) is 2.20. The number of hydrogen-bond acceptors (Lipinski definition) is 2. The highest BCUT2D eigenvalue weighted by atomic mass is 19.1. The number of benzene rings is 1. The second kappa shape index (κ2) is 5.55. The lowest BCUT2D eigenvalue weighted by molar-refractivity contribution is 0.0726. The van der Waals surface area contributed by atoms with Crippen molar-refractivity contribution in [3.05, 3.63) is 35.4 Å². The minimum Gasteiger partial charge on any atom is -0.395 e. The van der Waals surface area contributed by atoms with E-state index in [2.05, 4.69) is 0 Å². The summed E-state index contributed by atoms with van der Waals surface area (Å²) in [5, 5.41) is 8.73. The molecule has 1 aromatic rings. The molecule has 1 amide bonds. The molecular weight excluding hydrogens is 216 g/mol. The van der Waals surface area contributed by atoms with E-state index in [1.165, 1.54) is 4.90 Å². The van der Waals surface area contributed by atoms with E-state index in [9.17, 15) is 13.6 Å². The fraction of sp³-hybridized carbons (Fsp3) is 0.364. The van der Waals surface area contributed by atoms with Crippen molar-refractivity contribution in [3.8, 4) is 0 Å². The summed E-state index contributed by atoms with van der Waals surface area (Å²) in [7, 11) is 0. The Bertz CT molecular complexity index is 382. The summed E-state index contributed by atoms with van der Waals surface area (Å²) in [6, 6.07) is 2.72. The highest BCUT2D eigenvalue weighted by Gasteiger charge is 2.18. The molecule has 1 rings (SSSR count). The van der Waals surface area contributed by atoms with Crippen LogP contribution in [0.15, 0.2) is 18.2 Å². The first-order chi connectivity index (χ1) is 7.60. The van der Waals surface area contributed by atoms with Crippen LogP contribution in [0.1, 0.15) is 17.3 Å². The Labute approximate surface area is 92.3 Å². The maximum Gasteiger partial charge on any atom is 0.257 e. The van der Waals surface area contributed by atoms with Crippen molar-refractivity contribution in [2.75, 3.05) is 19.7 Å². The molecule has 0 aliphatic rings. The van der Waals surface area contributed by atoms with Crippen molar-refractivity contribution >= 4 is 5.91 Å². The van der Waals surface area contributed by atoms with Crippen LogP contribution in [0, 0.1) is 11.6 Å². The number of aliphatic hydroxyl groups excluding tert-OH is 1. The Morgan fingerprint density at radius 3 is 2.69 bits per heavy atom. The molecule has 0 bridgehead atoms. The molecule has 0 aromatic heterocycles. The monoisotopic (exact) mass is 229 g/mol. The average molecular weight is 229 g/mol. The van der Waals surface area contributed by atoms with Gasteiger partial charge in [-0.15, -0.1) is 0 Å². The van der Waals surface area contributed by atoms with Gasteiger partial charge in [0.2, 0.25) is 0 Å². The van der Waals surface area contributed by atoms with Crippen molar-refractivity contribution in [3.63, 3.8) is 0 Å². The molecule has 1 N–H and O–H groups in total. The van der Waals surface area contributed by atoms with Crippen LogP contribution in [0.4, 0.5) is 8.78 Å². The predicted octanol–water partition coefficient (Wildman–Crippen LogP) is 1.42. The highest BCUT2D eigenvalue weighted by Crippen LogP contribution is 2.12. The number of halogens is 2. The fourth-order valence-corrected chi connectivity index (χ4v) is 1.36. The normalized spacial score (nSPS) is 10.2. The molecule has 0 heterocycles. The van der Waals surface area contributed by atoms with Crippen LogP contribution in [0.2, 0.25) is 0 Å². The molecule has 0 radical (unpaired) electrons. The van der Waals surface area contributed by atoms with Crippen LogP contribution in [-0.4, -0.2) is 35.6 Å². The number of rotatable bonds is 4. The van der Waals surface area contributed by atoms with Gasteiger partial charge in [-0.05, 0) is 25.1 Å². The summed E-state index contributed by atoms with van der Waals surface area (Å²) in [6.07, 6.45) is 0. The Balaban J connectivity index is 2.98. The second-order valence-electron chi connectivity index (χ2n) is 3.23. The first-order valence-corrected chi connectivity index (χ1v) is 4.95. The molecule has 0 fully saturated rings. The van der Waals surface area contributed by atoms with Gasteiger partial charge < -0.3 is 10.0 Å². The van der Waals surface area contributed by atoms with Gasteiger partial charge in [0.05, 0.1) is 12.2 Å². The van der Waals surface area contributed by atoms with Gasteiger partial charge in [0.15, 0.2) is 0 Å². The van der Waals surface area contributed by atoms with E-state index in [0.717, 1.165) is 18.2 Å². The Morgan fingerprint density at radius 2 is 2.12 bits per heavy atom. The van der Waals surface area contributed by atoms with Crippen molar-refractivity contribution < 1.29 is 18.7 Å². The standard InChI is InChI=1S/C11H13F2NO2/c1-2-14(5-6-15)11(16)9-7-8(12)3-4-10(9)13/h3-4,7,15H,2,5-6H2,1H3. The first kappa shape index (κ1) is 12.6. The lowest BCUT2D eigenvalue weighted by Gasteiger charge is -2.19. The summed E-state index contributed by atoms with van der Waals surface area (Å²) in [6.45, 7) is 1.92. The van der Waals surface area contributed by atoms with Crippen molar-refractivity contribution in [2.24, 2.45) is 0 Å². The Kier molecular flexibility index (Phi) is 4.37. The number of aliphatic hydroxyl groups is 1. The molecule has 88 valence electrons. The van der Waals surface area contributed by atoms with Crippen LogP contribution in [-0.2, 0) is 0 Å². The number of carbonyl (C=O) groups excluding carboxylic acids is 1. The summed E-state index contributed by atoms with van der Waals surface area (Å²) < 4.78 is 26.2. The zero-order chi connectivity index (χ0) is 12.1. The van der Waals surface area contributed by atoms with Crippen molar-refractivity contribution in [1.29, 1.82) is 0 Å². The summed E-state index contributed by atoms with van der Waals surface area (Å²) >= 11 is 0. The average Bonchev–Trinajstić information content (AvgIpc) is 2.28. The van der Waals surface area contributed by atoms with Gasteiger partial charge in [-0.2, -0.15) is 0 Å². The molecule has 0 atom stereocenters. The molecule has 0 unspecified atom stereocenters. The van der Waals surface area contributed by atoms with E-state index in [0.29, 0.717) is 6.54 Å². The quantitative estimate of drug-likeness (QED) is 0.848. The summed E-state index contributed by atoms with van der Waals surface area (Å²) in [5.41, 5.74) is -0.310. The summed E-state index contributed by atoms with van der Waals surface area (Å²) in [5.74, 6) is -2.04. The molecular formula is C11H13F2NO2. The van der Waals surface area contributed by atoms with Gasteiger partial charge in [-0.1, -0.05) is 0 Å². The maximum absolute atomic E-state index is 13.3. The fourth-order valence-electron chi connectivity index (χ4n) is 1.36. The van der Waals surface area contributed by atoms with E-state index in [4.69, 9.17) is 5.11 Å². The molecule has 0 aliphatic carbocycles. The minimum atomic E-state index is -0.761. The maximum atomic E-state index is 13.3.